The zero-order valence-corrected chi connectivity index (χ0v) is 19.1. The topological polar surface area (TPSA) is 116 Å². The number of aryl methyl sites for hydroxylation is 2. The van der Waals surface area contributed by atoms with Crippen molar-refractivity contribution >= 4 is 46.0 Å². The number of isothiocyanates is 1. The number of benzene rings is 2. The number of hydrogen-bond acceptors (Lipinski definition) is 7. The molecule has 0 bridgehead atoms. The summed E-state index contributed by atoms with van der Waals surface area (Å²) in [4.78, 5) is 4.01. The first kappa shape index (κ1) is 24.4. The smallest absolute Gasteiger partial charge is 0.125 e. The lowest BCUT2D eigenvalue weighted by molar-refractivity contribution is 0.377. The molecule has 1 aliphatic carbocycles. The third-order valence-corrected chi connectivity index (χ3v) is 5.07. The molecule has 1 aliphatic rings. The van der Waals surface area contributed by atoms with Gasteiger partial charge in [-0.15, -0.1) is 0 Å². The van der Waals surface area contributed by atoms with Gasteiger partial charge in [0.25, 0.3) is 0 Å². The van der Waals surface area contributed by atoms with Crippen LogP contribution >= 0.6 is 24.4 Å². The Morgan fingerprint density at radius 3 is 2.09 bits per heavy atom. The molecule has 0 aliphatic heterocycles. The van der Waals surface area contributed by atoms with Crippen molar-refractivity contribution in [2.45, 2.75) is 26.7 Å². The third-order valence-electron chi connectivity index (χ3n) is 4.67. The SMILES string of the molecule is Cc1cc(N=C=S)ccc1C#N.Cc1cc(NC(=S)/C(C#N)=C(\O)C2CC2)ccc1C#N. The van der Waals surface area contributed by atoms with Crippen LogP contribution in [0.5, 0.6) is 0 Å². The normalized spacial score (nSPS) is 12.3. The number of rotatable bonds is 4. The van der Waals surface area contributed by atoms with Crippen LogP contribution in [0.25, 0.3) is 0 Å². The van der Waals surface area contributed by atoms with E-state index in [-0.39, 0.29) is 22.2 Å². The second-order valence-corrected chi connectivity index (χ2v) is 7.65. The van der Waals surface area contributed by atoms with Crippen molar-refractivity contribution in [3.63, 3.8) is 0 Å². The second-order valence-electron chi connectivity index (χ2n) is 7.06. The van der Waals surface area contributed by atoms with Gasteiger partial charge in [-0.05, 0) is 86.4 Å². The van der Waals surface area contributed by atoms with E-state index < -0.39 is 0 Å². The Kier molecular flexibility index (Phi) is 8.78. The van der Waals surface area contributed by atoms with Gasteiger partial charge in [-0.1, -0.05) is 12.2 Å². The predicted molar refractivity (Wildman–Crippen MR) is 131 cm³/mol. The molecule has 1 fully saturated rings. The number of aliphatic imine (C=N–C) groups is 1. The van der Waals surface area contributed by atoms with Crippen LogP contribution < -0.4 is 5.32 Å². The van der Waals surface area contributed by atoms with E-state index in [1.807, 2.05) is 19.9 Å². The number of anilines is 1. The highest BCUT2D eigenvalue weighted by atomic mass is 32.1. The first-order chi connectivity index (χ1) is 15.3. The number of allylic oxidation sites excluding steroid dienone is 1. The zero-order valence-electron chi connectivity index (χ0n) is 17.5. The van der Waals surface area contributed by atoms with E-state index in [0.29, 0.717) is 16.8 Å². The number of nitrogens with zero attached hydrogens (tertiary/aromatic N) is 4. The predicted octanol–water partition coefficient (Wildman–Crippen LogP) is 5.95. The van der Waals surface area contributed by atoms with E-state index in [2.05, 4.69) is 39.8 Å². The molecule has 0 unspecified atom stereocenters. The Morgan fingerprint density at radius 2 is 1.62 bits per heavy atom. The molecule has 2 aromatic rings. The summed E-state index contributed by atoms with van der Waals surface area (Å²) in [6.45, 7) is 3.69. The van der Waals surface area contributed by atoms with Crippen LogP contribution in [0.4, 0.5) is 11.4 Å². The molecular formula is C24H19N5OS2. The minimum atomic E-state index is 0.0760. The molecule has 0 amide bonds. The van der Waals surface area contributed by atoms with Crippen molar-refractivity contribution in [3.8, 4) is 18.2 Å². The molecule has 2 aromatic carbocycles. The molecule has 3 rings (SSSR count). The molecule has 2 N–H and O–H groups in total. The zero-order chi connectivity index (χ0) is 23.7. The maximum absolute atomic E-state index is 9.92. The van der Waals surface area contributed by atoms with Crippen LogP contribution in [0.2, 0.25) is 0 Å². The van der Waals surface area contributed by atoms with E-state index in [4.69, 9.17) is 28.0 Å². The van der Waals surface area contributed by atoms with Crippen LogP contribution in [0.1, 0.15) is 35.1 Å². The Hall–Kier alpha value is -3.86. The summed E-state index contributed by atoms with van der Waals surface area (Å²) in [5, 5.41) is 41.7. The van der Waals surface area contributed by atoms with Crippen molar-refractivity contribution in [2.24, 2.45) is 10.9 Å². The van der Waals surface area contributed by atoms with Crippen molar-refractivity contribution in [1.29, 1.82) is 15.8 Å². The monoisotopic (exact) mass is 457 g/mol. The van der Waals surface area contributed by atoms with Gasteiger partial charge >= 0.3 is 0 Å². The minimum Gasteiger partial charge on any atom is -0.511 e. The maximum Gasteiger partial charge on any atom is 0.125 e. The van der Waals surface area contributed by atoms with Crippen LogP contribution in [0.15, 0.2) is 52.7 Å². The summed E-state index contributed by atoms with van der Waals surface area (Å²) >= 11 is 9.62. The molecule has 8 heteroatoms. The molecule has 0 radical (unpaired) electrons. The highest BCUT2D eigenvalue weighted by molar-refractivity contribution is 7.81. The summed E-state index contributed by atoms with van der Waals surface area (Å²) in [7, 11) is 0. The quantitative estimate of drug-likeness (QED) is 0.191. The fourth-order valence-corrected chi connectivity index (χ4v) is 3.11. The molecule has 158 valence electrons. The Balaban J connectivity index is 0.000000258. The molecule has 1 saturated carbocycles. The second kappa shape index (κ2) is 11.5. The van der Waals surface area contributed by atoms with E-state index in [0.717, 1.165) is 29.7 Å². The van der Waals surface area contributed by atoms with E-state index in [9.17, 15) is 5.11 Å². The Morgan fingerprint density at radius 1 is 1.03 bits per heavy atom. The van der Waals surface area contributed by atoms with E-state index in [1.54, 1.807) is 36.4 Å². The summed E-state index contributed by atoms with van der Waals surface area (Å²) in [6.07, 6.45) is 1.80. The first-order valence-corrected chi connectivity index (χ1v) is 10.4. The molecule has 0 saturated heterocycles. The largest absolute Gasteiger partial charge is 0.511 e. The number of nitrogens with one attached hydrogen (secondary N) is 1. The van der Waals surface area contributed by atoms with Gasteiger partial charge in [-0.2, -0.15) is 20.8 Å². The number of hydrogen-bond donors (Lipinski definition) is 2. The van der Waals surface area contributed by atoms with Gasteiger partial charge in [-0.3, -0.25) is 0 Å². The van der Waals surface area contributed by atoms with Gasteiger partial charge in [-0.25, -0.2) is 0 Å². The molecule has 0 atom stereocenters. The van der Waals surface area contributed by atoms with Crippen LogP contribution in [0, 0.1) is 53.8 Å². The highest BCUT2D eigenvalue weighted by Crippen LogP contribution is 2.36. The molecule has 0 aromatic heterocycles. The number of aliphatic hydroxyl groups excluding tert-OH is 1. The van der Waals surface area contributed by atoms with Gasteiger partial charge in [0.15, 0.2) is 0 Å². The van der Waals surface area contributed by atoms with Gasteiger partial charge in [0.05, 0.1) is 34.1 Å². The fourth-order valence-electron chi connectivity index (χ4n) is 2.74. The lowest BCUT2D eigenvalue weighted by atomic mass is 10.1. The van der Waals surface area contributed by atoms with E-state index in [1.165, 1.54) is 0 Å². The molecule has 6 nitrogen and oxygen atoms in total. The molecule has 0 spiro atoms. The highest BCUT2D eigenvalue weighted by Gasteiger charge is 2.29. The lowest BCUT2D eigenvalue weighted by Crippen LogP contribution is -2.14. The Labute approximate surface area is 197 Å². The summed E-state index contributed by atoms with van der Waals surface area (Å²) in [5.74, 6) is 0.155. The number of nitriles is 3. The number of aliphatic hydroxyl groups is 1. The Bertz CT molecular complexity index is 1250. The molecular weight excluding hydrogens is 438 g/mol. The van der Waals surface area contributed by atoms with Gasteiger partial charge < -0.3 is 10.4 Å². The average Bonchev–Trinajstić information content (AvgIpc) is 3.61. The third kappa shape index (κ3) is 6.57. The summed E-state index contributed by atoms with van der Waals surface area (Å²) < 4.78 is 0. The summed E-state index contributed by atoms with van der Waals surface area (Å²) in [6, 6.07) is 16.6. The van der Waals surface area contributed by atoms with E-state index >= 15 is 0 Å². The van der Waals surface area contributed by atoms with Crippen molar-refractivity contribution in [2.75, 3.05) is 5.32 Å². The molecule has 0 heterocycles. The average molecular weight is 458 g/mol. The number of thiocarbonyl (C=S) groups is 2. The van der Waals surface area contributed by atoms with Crippen LogP contribution in [-0.2, 0) is 0 Å². The van der Waals surface area contributed by atoms with Crippen molar-refractivity contribution < 1.29 is 5.11 Å². The maximum atomic E-state index is 9.92. The minimum absolute atomic E-state index is 0.0760. The standard InChI is InChI=1S/C15H13N3OS.C9H6N2S/c1-9-6-12(5-4-11(9)7-16)18-15(20)13(8-17)14(19)10-2-3-10;1-7-4-9(11-6-12)3-2-8(7)5-10/h4-6,10,19H,2-3H2,1H3,(H,18,20);2-4H,1H3/b14-13-;. The first-order valence-electron chi connectivity index (χ1n) is 9.58. The van der Waals surface area contributed by atoms with Gasteiger partial charge in [0.2, 0.25) is 0 Å². The fraction of sp³-hybridized carbons (Fsp3) is 0.208. The van der Waals surface area contributed by atoms with Crippen molar-refractivity contribution in [1.82, 2.24) is 0 Å². The van der Waals surface area contributed by atoms with Gasteiger partial charge in [0, 0.05) is 11.6 Å². The van der Waals surface area contributed by atoms with Gasteiger partial charge in [0.1, 0.15) is 22.4 Å². The van der Waals surface area contributed by atoms with Crippen LogP contribution in [0.3, 0.4) is 0 Å². The molecule has 32 heavy (non-hydrogen) atoms. The lowest BCUT2D eigenvalue weighted by Gasteiger charge is -2.09. The van der Waals surface area contributed by atoms with Crippen LogP contribution in [-0.4, -0.2) is 15.3 Å². The summed E-state index contributed by atoms with van der Waals surface area (Å²) in [5.41, 5.74) is 4.56. The van der Waals surface area contributed by atoms with Crippen molar-refractivity contribution in [3.05, 3.63) is 70.0 Å².